The standard InChI is InChI=1S/C24H28N4O5S/c29-22(25-20-9-4-5-10-21(20)28-14-6-11-24(28)31)12-13-23(30)26-15-17-27(18-16-26)34(32,33)19-7-2-1-3-8-19/h1-5,7-10H,6,11-18H2,(H,25,29). The van der Waals surface area contributed by atoms with Gasteiger partial charge in [0.2, 0.25) is 27.7 Å². The first kappa shape index (κ1) is 23.9. The zero-order chi connectivity index (χ0) is 24.1. The summed E-state index contributed by atoms with van der Waals surface area (Å²) < 4.78 is 26.9. The van der Waals surface area contributed by atoms with Crippen LogP contribution in [0.15, 0.2) is 59.5 Å². The zero-order valence-electron chi connectivity index (χ0n) is 18.9. The summed E-state index contributed by atoms with van der Waals surface area (Å²) in [5, 5.41) is 2.82. The van der Waals surface area contributed by atoms with Gasteiger partial charge in [-0.2, -0.15) is 4.31 Å². The van der Waals surface area contributed by atoms with Crippen molar-refractivity contribution in [2.75, 3.05) is 42.9 Å². The lowest BCUT2D eigenvalue weighted by Gasteiger charge is -2.34. The van der Waals surface area contributed by atoms with Crippen molar-refractivity contribution >= 4 is 39.1 Å². The summed E-state index contributed by atoms with van der Waals surface area (Å²) in [6.45, 7) is 1.62. The molecule has 10 heteroatoms. The molecule has 1 N–H and O–H groups in total. The Labute approximate surface area is 199 Å². The summed E-state index contributed by atoms with van der Waals surface area (Å²) in [7, 11) is -3.58. The van der Waals surface area contributed by atoms with Gasteiger partial charge in [0, 0.05) is 52.0 Å². The van der Waals surface area contributed by atoms with Gasteiger partial charge in [-0.15, -0.1) is 0 Å². The van der Waals surface area contributed by atoms with E-state index in [1.165, 1.54) is 4.31 Å². The molecule has 0 atom stereocenters. The Morgan fingerprint density at radius 3 is 2.21 bits per heavy atom. The fourth-order valence-corrected chi connectivity index (χ4v) is 5.67. The van der Waals surface area contributed by atoms with Gasteiger partial charge < -0.3 is 15.1 Å². The minimum atomic E-state index is -3.58. The van der Waals surface area contributed by atoms with Crippen LogP contribution < -0.4 is 10.2 Å². The highest BCUT2D eigenvalue weighted by molar-refractivity contribution is 7.89. The van der Waals surface area contributed by atoms with E-state index in [0.29, 0.717) is 24.3 Å². The third-order valence-corrected chi connectivity index (χ3v) is 7.99. The molecule has 2 aliphatic heterocycles. The molecule has 180 valence electrons. The molecule has 2 aliphatic rings. The van der Waals surface area contributed by atoms with E-state index >= 15 is 0 Å². The van der Waals surface area contributed by atoms with E-state index in [-0.39, 0.29) is 61.6 Å². The molecule has 0 unspecified atom stereocenters. The predicted molar refractivity (Wildman–Crippen MR) is 128 cm³/mol. The van der Waals surface area contributed by atoms with Crippen molar-refractivity contribution in [3.63, 3.8) is 0 Å². The van der Waals surface area contributed by atoms with E-state index in [1.807, 2.05) is 6.07 Å². The number of benzene rings is 2. The maximum atomic E-state index is 12.7. The molecule has 0 aliphatic carbocycles. The van der Waals surface area contributed by atoms with Crippen molar-refractivity contribution in [1.29, 1.82) is 0 Å². The van der Waals surface area contributed by atoms with Crippen molar-refractivity contribution in [2.24, 2.45) is 0 Å². The summed E-state index contributed by atoms with van der Waals surface area (Å²) >= 11 is 0. The first-order chi connectivity index (χ1) is 16.4. The number of hydrogen-bond acceptors (Lipinski definition) is 5. The SMILES string of the molecule is O=C(CCC(=O)N1CCN(S(=O)(=O)c2ccccc2)CC1)Nc1ccccc1N1CCCC1=O. The number of rotatable bonds is 7. The van der Waals surface area contributed by atoms with Crippen LogP contribution in [0.4, 0.5) is 11.4 Å². The second-order valence-electron chi connectivity index (χ2n) is 8.31. The number of carbonyl (C=O) groups excluding carboxylic acids is 3. The van der Waals surface area contributed by atoms with Crippen LogP contribution in [-0.4, -0.2) is 68.1 Å². The molecule has 2 aromatic carbocycles. The van der Waals surface area contributed by atoms with E-state index < -0.39 is 10.0 Å². The van der Waals surface area contributed by atoms with Crippen molar-refractivity contribution in [3.05, 3.63) is 54.6 Å². The van der Waals surface area contributed by atoms with Crippen molar-refractivity contribution in [1.82, 2.24) is 9.21 Å². The fraction of sp³-hybridized carbons (Fsp3) is 0.375. The van der Waals surface area contributed by atoms with Gasteiger partial charge in [0.05, 0.1) is 16.3 Å². The Morgan fingerprint density at radius 2 is 1.53 bits per heavy atom. The molecule has 0 radical (unpaired) electrons. The minimum absolute atomic E-state index is 0.00361. The smallest absolute Gasteiger partial charge is 0.243 e. The number of carbonyl (C=O) groups is 3. The zero-order valence-corrected chi connectivity index (χ0v) is 19.7. The van der Waals surface area contributed by atoms with Crippen LogP contribution >= 0.6 is 0 Å². The van der Waals surface area contributed by atoms with Crippen LogP contribution in [0.2, 0.25) is 0 Å². The van der Waals surface area contributed by atoms with Crippen LogP contribution in [0.25, 0.3) is 0 Å². The number of sulfonamides is 1. The average Bonchev–Trinajstić information content (AvgIpc) is 3.29. The first-order valence-electron chi connectivity index (χ1n) is 11.4. The summed E-state index contributed by atoms with van der Waals surface area (Å²) in [6.07, 6.45) is 1.32. The number of hydrogen-bond donors (Lipinski definition) is 1. The minimum Gasteiger partial charge on any atom is -0.340 e. The highest BCUT2D eigenvalue weighted by atomic mass is 32.2. The number of nitrogens with one attached hydrogen (secondary N) is 1. The Kier molecular flexibility index (Phi) is 7.28. The summed E-state index contributed by atoms with van der Waals surface area (Å²) in [5.74, 6) is -0.460. The molecule has 2 saturated heterocycles. The van der Waals surface area contributed by atoms with Crippen LogP contribution in [-0.2, 0) is 24.4 Å². The third kappa shape index (κ3) is 5.28. The molecule has 4 rings (SSSR count). The van der Waals surface area contributed by atoms with Gasteiger partial charge in [0.25, 0.3) is 0 Å². The lowest BCUT2D eigenvalue weighted by atomic mass is 10.2. The van der Waals surface area contributed by atoms with Gasteiger partial charge in [-0.1, -0.05) is 30.3 Å². The van der Waals surface area contributed by atoms with Crippen LogP contribution in [0.1, 0.15) is 25.7 Å². The lowest BCUT2D eigenvalue weighted by molar-refractivity contribution is -0.133. The van der Waals surface area contributed by atoms with Gasteiger partial charge in [-0.25, -0.2) is 8.42 Å². The van der Waals surface area contributed by atoms with Crippen LogP contribution in [0.5, 0.6) is 0 Å². The van der Waals surface area contributed by atoms with E-state index in [1.54, 1.807) is 58.3 Å². The summed E-state index contributed by atoms with van der Waals surface area (Å²) in [5.41, 5.74) is 1.22. The molecule has 2 fully saturated rings. The molecule has 0 bridgehead atoms. The van der Waals surface area contributed by atoms with Gasteiger partial charge in [-0.05, 0) is 30.7 Å². The van der Waals surface area contributed by atoms with Crippen molar-refractivity contribution in [3.8, 4) is 0 Å². The predicted octanol–water partition coefficient (Wildman–Crippen LogP) is 2.07. The molecular weight excluding hydrogens is 456 g/mol. The molecule has 9 nitrogen and oxygen atoms in total. The Hall–Kier alpha value is -3.24. The van der Waals surface area contributed by atoms with E-state index in [9.17, 15) is 22.8 Å². The van der Waals surface area contributed by atoms with Crippen LogP contribution in [0.3, 0.4) is 0 Å². The van der Waals surface area contributed by atoms with E-state index in [2.05, 4.69) is 5.32 Å². The van der Waals surface area contributed by atoms with Gasteiger partial charge in [0.1, 0.15) is 0 Å². The second kappa shape index (κ2) is 10.4. The number of amides is 3. The molecule has 0 aromatic heterocycles. The quantitative estimate of drug-likeness (QED) is 0.648. The Morgan fingerprint density at radius 1 is 0.853 bits per heavy atom. The molecule has 34 heavy (non-hydrogen) atoms. The van der Waals surface area contributed by atoms with E-state index in [4.69, 9.17) is 0 Å². The average molecular weight is 485 g/mol. The second-order valence-corrected chi connectivity index (χ2v) is 10.3. The van der Waals surface area contributed by atoms with Gasteiger partial charge in [0.15, 0.2) is 0 Å². The van der Waals surface area contributed by atoms with Crippen LogP contribution in [0, 0.1) is 0 Å². The number of nitrogens with zero attached hydrogens (tertiary/aromatic N) is 3. The number of piperazine rings is 1. The molecule has 0 saturated carbocycles. The third-order valence-electron chi connectivity index (χ3n) is 6.08. The van der Waals surface area contributed by atoms with Gasteiger partial charge in [-0.3, -0.25) is 14.4 Å². The molecule has 0 spiro atoms. The maximum Gasteiger partial charge on any atom is 0.243 e. The summed E-state index contributed by atoms with van der Waals surface area (Å²) in [6, 6.07) is 15.4. The maximum absolute atomic E-state index is 12.7. The Balaban J connectivity index is 1.27. The van der Waals surface area contributed by atoms with E-state index in [0.717, 1.165) is 6.42 Å². The highest BCUT2D eigenvalue weighted by Crippen LogP contribution is 2.29. The van der Waals surface area contributed by atoms with Gasteiger partial charge >= 0.3 is 0 Å². The highest BCUT2D eigenvalue weighted by Gasteiger charge is 2.30. The largest absolute Gasteiger partial charge is 0.340 e. The molecule has 3 amide bonds. The summed E-state index contributed by atoms with van der Waals surface area (Å²) in [4.78, 5) is 40.7. The van der Waals surface area contributed by atoms with Crippen molar-refractivity contribution < 1.29 is 22.8 Å². The normalized spacial score (nSPS) is 17.1. The fourth-order valence-electron chi connectivity index (χ4n) is 4.23. The molecule has 2 aromatic rings. The first-order valence-corrected chi connectivity index (χ1v) is 12.8. The number of anilines is 2. The van der Waals surface area contributed by atoms with Crippen molar-refractivity contribution in [2.45, 2.75) is 30.6 Å². The topological polar surface area (TPSA) is 107 Å². The number of para-hydroxylation sites is 2. The molecular formula is C24H28N4O5S. The lowest BCUT2D eigenvalue weighted by Crippen LogP contribution is -2.50. The molecule has 2 heterocycles. The Bertz CT molecular complexity index is 1160. The monoisotopic (exact) mass is 484 g/mol.